The first-order valence-corrected chi connectivity index (χ1v) is 11.9. The number of nitrogens with one attached hydrogen (secondary N) is 3. The minimum Gasteiger partial charge on any atom is -0.273 e. The Morgan fingerprint density at radius 2 is 1.78 bits per heavy atom. The van der Waals surface area contributed by atoms with Crippen molar-refractivity contribution in [2.24, 2.45) is 4.99 Å². The summed E-state index contributed by atoms with van der Waals surface area (Å²) < 4.78 is 26.5. The summed E-state index contributed by atoms with van der Waals surface area (Å²) in [4.78, 5) is 33.7. The van der Waals surface area contributed by atoms with Crippen molar-refractivity contribution in [3.8, 4) is 10.6 Å². The van der Waals surface area contributed by atoms with Crippen molar-refractivity contribution in [2.45, 2.75) is 18.2 Å². The number of hydrogen-bond donors (Lipinski definition) is 3. The van der Waals surface area contributed by atoms with Gasteiger partial charge in [0, 0.05) is 17.5 Å². The zero-order valence-electron chi connectivity index (χ0n) is 17.0. The van der Waals surface area contributed by atoms with Gasteiger partial charge in [-0.2, -0.15) is 0 Å². The number of thiazole rings is 1. The van der Waals surface area contributed by atoms with Crippen LogP contribution in [0.4, 0.5) is 0 Å². The van der Waals surface area contributed by atoms with E-state index in [9.17, 15) is 18.0 Å². The van der Waals surface area contributed by atoms with Gasteiger partial charge >= 0.3 is 0 Å². The number of amides is 2. The summed E-state index contributed by atoms with van der Waals surface area (Å²) in [5.41, 5.74) is 6.68. The number of aromatic nitrogens is 1. The number of amidine groups is 1. The third-order valence-corrected chi connectivity index (χ3v) is 7.21. The molecule has 3 aromatic rings. The van der Waals surface area contributed by atoms with E-state index in [2.05, 4.69) is 25.6 Å². The van der Waals surface area contributed by atoms with Gasteiger partial charge in [-0.3, -0.25) is 30.2 Å². The number of carbonyl (C=O) groups excluding carboxylic acids is 2. The Hall–Kier alpha value is -3.57. The zero-order valence-corrected chi connectivity index (χ0v) is 18.6. The molecule has 0 fully saturated rings. The number of hydrogen-bond acceptors (Lipinski definition) is 7. The molecule has 1 aromatic heterocycles. The Labute approximate surface area is 188 Å². The lowest BCUT2D eigenvalue weighted by molar-refractivity contribution is -0.121. The third kappa shape index (κ3) is 4.53. The van der Waals surface area contributed by atoms with Crippen LogP contribution in [0, 0.1) is 6.92 Å². The Balaban J connectivity index is 1.32. The first-order valence-electron chi connectivity index (χ1n) is 9.64. The normalized spacial score (nSPS) is 15.1. The summed E-state index contributed by atoms with van der Waals surface area (Å²) >= 11 is 1.24. The maximum Gasteiger partial charge on any atom is 0.281 e. The molecule has 0 unspecified atom stereocenters. The summed E-state index contributed by atoms with van der Waals surface area (Å²) in [5.74, 6) is -0.715. The topological polar surface area (TPSA) is 130 Å². The first kappa shape index (κ1) is 21.7. The van der Waals surface area contributed by atoms with Crippen molar-refractivity contribution in [3.05, 3.63) is 70.7 Å². The van der Waals surface area contributed by atoms with Crippen LogP contribution in [0.15, 0.2) is 64.5 Å². The molecular formula is C21H19N5O4S2. The predicted molar refractivity (Wildman–Crippen MR) is 121 cm³/mol. The highest BCUT2D eigenvalue weighted by molar-refractivity contribution is 7.90. The molecule has 164 valence electrons. The van der Waals surface area contributed by atoms with E-state index in [4.69, 9.17) is 0 Å². The number of sulfonamides is 1. The van der Waals surface area contributed by atoms with E-state index >= 15 is 0 Å². The van der Waals surface area contributed by atoms with Crippen LogP contribution >= 0.6 is 11.3 Å². The van der Waals surface area contributed by atoms with E-state index in [1.807, 2.05) is 30.3 Å². The van der Waals surface area contributed by atoms with Gasteiger partial charge in [-0.05, 0) is 19.1 Å². The molecule has 9 nitrogen and oxygen atoms in total. The molecule has 3 N–H and O–H groups in total. The standard InChI is InChI=1S/C21H19N5O4S2/c1-13-18(31-21(23-13)14-7-3-2-4-8-14)20(28)25-24-17(27)11-12-22-19-15-9-5-6-10-16(15)32(29,30)26-19/h2-10H,11-12H2,1H3,(H,22,26)(H,24,27)(H,25,28). The molecule has 2 amide bonds. The lowest BCUT2D eigenvalue weighted by atomic mass is 10.2. The average Bonchev–Trinajstić information content (AvgIpc) is 3.30. The smallest absolute Gasteiger partial charge is 0.273 e. The maximum absolute atomic E-state index is 12.4. The molecule has 32 heavy (non-hydrogen) atoms. The van der Waals surface area contributed by atoms with Crippen molar-refractivity contribution < 1.29 is 18.0 Å². The number of aliphatic imine (C=N–C) groups is 1. The van der Waals surface area contributed by atoms with Crippen LogP contribution in [0.25, 0.3) is 10.6 Å². The third-order valence-electron chi connectivity index (χ3n) is 4.61. The molecule has 1 aliphatic heterocycles. The molecule has 2 heterocycles. The van der Waals surface area contributed by atoms with Crippen LogP contribution in [0.3, 0.4) is 0 Å². The number of fused-ring (bicyclic) bond motifs is 1. The number of aryl methyl sites for hydroxylation is 1. The highest BCUT2D eigenvalue weighted by Gasteiger charge is 2.30. The van der Waals surface area contributed by atoms with Crippen LogP contribution in [0.1, 0.15) is 27.3 Å². The van der Waals surface area contributed by atoms with E-state index in [1.165, 1.54) is 17.4 Å². The van der Waals surface area contributed by atoms with E-state index < -0.39 is 21.8 Å². The van der Waals surface area contributed by atoms with E-state index in [1.54, 1.807) is 25.1 Å². The molecule has 0 atom stereocenters. The van der Waals surface area contributed by atoms with Crippen molar-refractivity contribution >= 4 is 39.0 Å². The second-order valence-electron chi connectivity index (χ2n) is 6.88. The molecule has 11 heteroatoms. The molecule has 0 saturated carbocycles. The summed E-state index contributed by atoms with van der Waals surface area (Å²) in [6, 6.07) is 16.0. The predicted octanol–water partition coefficient (Wildman–Crippen LogP) is 2.01. The van der Waals surface area contributed by atoms with E-state index in [0.717, 1.165) is 10.6 Å². The molecule has 1 aliphatic rings. The highest BCUT2D eigenvalue weighted by atomic mass is 32.2. The summed E-state index contributed by atoms with van der Waals surface area (Å²) in [6.45, 7) is 1.78. The molecule has 0 aliphatic carbocycles. The van der Waals surface area contributed by atoms with Gasteiger partial charge in [-0.15, -0.1) is 11.3 Å². The molecule has 2 aromatic carbocycles. The van der Waals surface area contributed by atoms with Gasteiger partial charge in [0.15, 0.2) is 0 Å². The maximum atomic E-state index is 12.4. The Morgan fingerprint density at radius 3 is 2.56 bits per heavy atom. The summed E-state index contributed by atoms with van der Waals surface area (Å²) in [6.07, 6.45) is -0.0371. The van der Waals surface area contributed by atoms with Gasteiger partial charge in [-0.1, -0.05) is 42.5 Å². The fourth-order valence-corrected chi connectivity index (χ4v) is 5.30. The van der Waals surface area contributed by atoms with Gasteiger partial charge in [0.1, 0.15) is 15.7 Å². The van der Waals surface area contributed by atoms with Crippen LogP contribution in [0.2, 0.25) is 0 Å². The van der Waals surface area contributed by atoms with E-state index in [-0.39, 0.29) is 23.7 Å². The molecule has 0 spiro atoms. The lowest BCUT2D eigenvalue weighted by Gasteiger charge is -2.06. The second-order valence-corrected chi connectivity index (χ2v) is 9.53. The number of benzene rings is 2. The molecule has 0 saturated heterocycles. The Morgan fingerprint density at radius 1 is 1.06 bits per heavy atom. The fraction of sp³-hybridized carbons (Fsp3) is 0.143. The number of carbonyl (C=O) groups is 2. The second kappa shape index (κ2) is 8.89. The molecular weight excluding hydrogens is 450 g/mol. The number of nitrogens with zero attached hydrogens (tertiary/aromatic N) is 2. The summed E-state index contributed by atoms with van der Waals surface area (Å²) in [5, 5.41) is 0.717. The minimum absolute atomic E-state index is 0.0371. The zero-order chi connectivity index (χ0) is 22.7. The van der Waals surface area contributed by atoms with Crippen LogP contribution in [0.5, 0.6) is 0 Å². The van der Waals surface area contributed by atoms with Crippen molar-refractivity contribution in [2.75, 3.05) is 6.54 Å². The van der Waals surface area contributed by atoms with Crippen molar-refractivity contribution in [3.63, 3.8) is 0 Å². The van der Waals surface area contributed by atoms with E-state index in [0.29, 0.717) is 16.1 Å². The van der Waals surface area contributed by atoms with Crippen LogP contribution in [-0.4, -0.2) is 37.6 Å². The van der Waals surface area contributed by atoms with Gasteiger partial charge in [-0.25, -0.2) is 13.4 Å². The molecule has 0 bridgehead atoms. The van der Waals surface area contributed by atoms with Crippen LogP contribution in [-0.2, 0) is 14.8 Å². The quantitative estimate of drug-likeness (QED) is 0.492. The average molecular weight is 470 g/mol. The van der Waals surface area contributed by atoms with Gasteiger partial charge in [0.05, 0.1) is 17.1 Å². The number of rotatable bonds is 5. The van der Waals surface area contributed by atoms with Crippen molar-refractivity contribution in [1.82, 2.24) is 20.6 Å². The highest BCUT2D eigenvalue weighted by Crippen LogP contribution is 2.27. The summed E-state index contributed by atoms with van der Waals surface area (Å²) in [7, 11) is -3.62. The van der Waals surface area contributed by atoms with Gasteiger partial charge < -0.3 is 0 Å². The first-order chi connectivity index (χ1) is 15.3. The lowest BCUT2D eigenvalue weighted by Crippen LogP contribution is -2.41. The van der Waals surface area contributed by atoms with Crippen molar-refractivity contribution in [1.29, 1.82) is 0 Å². The Bertz CT molecular complexity index is 1320. The largest absolute Gasteiger partial charge is 0.281 e. The SMILES string of the molecule is Cc1nc(-c2ccccc2)sc1C(=O)NNC(=O)CCN=C1NS(=O)(=O)c2ccccc21. The fourth-order valence-electron chi connectivity index (χ4n) is 3.08. The molecule has 4 rings (SSSR count). The number of hydrazine groups is 1. The van der Waals surface area contributed by atoms with Gasteiger partial charge in [0.2, 0.25) is 5.91 Å². The van der Waals surface area contributed by atoms with Crippen LogP contribution < -0.4 is 15.6 Å². The van der Waals surface area contributed by atoms with Gasteiger partial charge in [0.25, 0.3) is 15.9 Å². The monoisotopic (exact) mass is 469 g/mol. The molecule has 0 radical (unpaired) electrons. The minimum atomic E-state index is -3.62. The Kier molecular flexibility index (Phi) is 6.01.